The molecule has 0 aromatic heterocycles. The highest BCUT2D eigenvalue weighted by atomic mass is 32.2. The van der Waals surface area contributed by atoms with E-state index < -0.39 is 16.1 Å². The number of hydrogen-bond donors (Lipinski definition) is 3. The molecule has 1 atom stereocenters. The number of carbonyl (C=O) groups is 1. The summed E-state index contributed by atoms with van der Waals surface area (Å²) in [6.07, 6.45) is 0. The van der Waals surface area contributed by atoms with Crippen LogP contribution in [0.25, 0.3) is 0 Å². The van der Waals surface area contributed by atoms with E-state index in [1.54, 1.807) is 6.92 Å². The molecule has 0 spiro atoms. The fourth-order valence-corrected chi connectivity index (χ4v) is 3.05. The highest BCUT2D eigenvalue weighted by Crippen LogP contribution is 2.23. The van der Waals surface area contributed by atoms with Gasteiger partial charge < -0.3 is 15.4 Å². The van der Waals surface area contributed by atoms with Gasteiger partial charge in [-0.25, -0.2) is 13.6 Å². The average molecular weight is 411 g/mol. The molecule has 8 heteroatoms. The van der Waals surface area contributed by atoms with Crippen molar-refractivity contribution in [3.05, 3.63) is 78.9 Å². The number of hydrogen-bond acceptors (Lipinski definition) is 5. The first-order chi connectivity index (χ1) is 13.8. The Morgan fingerprint density at radius 1 is 0.862 bits per heavy atom. The smallest absolute Gasteiger partial charge is 0.246 e. The van der Waals surface area contributed by atoms with Gasteiger partial charge in [0.15, 0.2) is 0 Å². The topological polar surface area (TPSA) is 111 Å². The van der Waals surface area contributed by atoms with Gasteiger partial charge in [0, 0.05) is 11.4 Å². The summed E-state index contributed by atoms with van der Waals surface area (Å²) in [5.41, 5.74) is 1.24. The maximum Gasteiger partial charge on any atom is 0.246 e. The van der Waals surface area contributed by atoms with Crippen LogP contribution >= 0.6 is 0 Å². The minimum absolute atomic E-state index is 0.0144. The molecular weight excluding hydrogens is 390 g/mol. The normalized spacial score (nSPS) is 12.1. The first kappa shape index (κ1) is 20.4. The Hall–Kier alpha value is -3.36. The number of amides is 1. The number of ether oxygens (including phenoxy) is 1. The molecule has 0 bridgehead atoms. The first-order valence-electron chi connectivity index (χ1n) is 8.84. The molecule has 3 rings (SSSR count). The number of sulfonamides is 1. The van der Waals surface area contributed by atoms with Crippen LogP contribution in [0.15, 0.2) is 83.8 Å². The molecule has 0 unspecified atom stereocenters. The third kappa shape index (κ3) is 5.81. The fourth-order valence-electron chi connectivity index (χ4n) is 2.54. The Morgan fingerprint density at radius 3 is 2.00 bits per heavy atom. The summed E-state index contributed by atoms with van der Waals surface area (Å²) in [4.78, 5) is 12.4. The lowest BCUT2D eigenvalue weighted by Gasteiger charge is -2.16. The zero-order valence-corrected chi connectivity index (χ0v) is 16.5. The zero-order chi connectivity index (χ0) is 20.9. The zero-order valence-electron chi connectivity index (χ0n) is 15.7. The molecule has 4 N–H and O–H groups in total. The highest BCUT2D eigenvalue weighted by molar-refractivity contribution is 7.89. The van der Waals surface area contributed by atoms with Crippen molar-refractivity contribution in [2.75, 3.05) is 10.6 Å². The third-order valence-electron chi connectivity index (χ3n) is 4.06. The van der Waals surface area contributed by atoms with Crippen LogP contribution in [0.3, 0.4) is 0 Å². The van der Waals surface area contributed by atoms with Gasteiger partial charge in [-0.3, -0.25) is 4.79 Å². The van der Waals surface area contributed by atoms with E-state index >= 15 is 0 Å². The Labute approximate surface area is 169 Å². The molecule has 0 saturated heterocycles. The molecule has 3 aromatic carbocycles. The molecule has 0 radical (unpaired) electrons. The maximum absolute atomic E-state index is 12.4. The monoisotopic (exact) mass is 411 g/mol. The number of primary sulfonamides is 1. The second-order valence-corrected chi connectivity index (χ2v) is 7.93. The van der Waals surface area contributed by atoms with Gasteiger partial charge in [-0.15, -0.1) is 0 Å². The van der Waals surface area contributed by atoms with Gasteiger partial charge in [0.05, 0.1) is 4.90 Å². The van der Waals surface area contributed by atoms with Gasteiger partial charge in [-0.1, -0.05) is 18.2 Å². The Kier molecular flexibility index (Phi) is 6.16. The van der Waals surface area contributed by atoms with E-state index in [0.717, 1.165) is 11.4 Å². The lowest BCUT2D eigenvalue weighted by molar-refractivity contribution is -0.116. The minimum atomic E-state index is -3.76. The molecule has 0 aliphatic rings. The van der Waals surface area contributed by atoms with Crippen molar-refractivity contribution in [3.8, 4) is 11.5 Å². The van der Waals surface area contributed by atoms with Crippen molar-refractivity contribution < 1.29 is 17.9 Å². The predicted octanol–water partition coefficient (Wildman–Crippen LogP) is 3.57. The van der Waals surface area contributed by atoms with E-state index in [4.69, 9.17) is 9.88 Å². The number of rotatable bonds is 7. The summed E-state index contributed by atoms with van der Waals surface area (Å²) in [5, 5.41) is 10.9. The second kappa shape index (κ2) is 8.76. The Balaban J connectivity index is 1.56. The van der Waals surface area contributed by atoms with Crippen LogP contribution in [0.4, 0.5) is 11.4 Å². The minimum Gasteiger partial charge on any atom is -0.457 e. The summed E-state index contributed by atoms with van der Waals surface area (Å²) in [6.45, 7) is 1.72. The second-order valence-electron chi connectivity index (χ2n) is 6.36. The van der Waals surface area contributed by atoms with Crippen molar-refractivity contribution in [2.45, 2.75) is 17.9 Å². The first-order valence-corrected chi connectivity index (χ1v) is 10.4. The summed E-state index contributed by atoms with van der Waals surface area (Å²) < 4.78 is 28.3. The third-order valence-corrected chi connectivity index (χ3v) is 4.99. The fraction of sp³-hybridized carbons (Fsp3) is 0.0952. The van der Waals surface area contributed by atoms with Crippen LogP contribution in [0, 0.1) is 0 Å². The van der Waals surface area contributed by atoms with Gasteiger partial charge in [-0.05, 0) is 67.6 Å². The standard InChI is InChI=1S/C21H21N3O4S/c1-15(21(25)24-17-9-13-20(14-10-17)29(22,26)27)23-16-7-11-19(12-8-16)28-18-5-3-2-4-6-18/h2-15,23H,1H3,(H,24,25)(H2,22,26,27)/t15-/m1/s1. The lowest BCUT2D eigenvalue weighted by atomic mass is 10.2. The predicted molar refractivity (Wildman–Crippen MR) is 112 cm³/mol. The number of carbonyl (C=O) groups excluding carboxylic acids is 1. The molecule has 0 saturated carbocycles. The molecule has 7 nitrogen and oxygen atoms in total. The number of benzene rings is 3. The van der Waals surface area contributed by atoms with Crippen molar-refractivity contribution >= 4 is 27.3 Å². The Morgan fingerprint density at radius 2 is 1.41 bits per heavy atom. The molecule has 29 heavy (non-hydrogen) atoms. The molecule has 0 aliphatic heterocycles. The van der Waals surface area contributed by atoms with Crippen molar-refractivity contribution in [1.29, 1.82) is 0 Å². The maximum atomic E-state index is 12.4. The van der Waals surface area contributed by atoms with E-state index in [1.807, 2.05) is 54.6 Å². The summed E-state index contributed by atoms with van der Waals surface area (Å²) >= 11 is 0. The van der Waals surface area contributed by atoms with E-state index in [1.165, 1.54) is 24.3 Å². The number of nitrogens with two attached hydrogens (primary N) is 1. The quantitative estimate of drug-likeness (QED) is 0.550. The molecule has 3 aromatic rings. The Bertz CT molecular complexity index is 1070. The molecular formula is C21H21N3O4S. The van der Waals surface area contributed by atoms with Crippen molar-refractivity contribution in [2.24, 2.45) is 5.14 Å². The van der Waals surface area contributed by atoms with Crippen LogP contribution in [-0.2, 0) is 14.8 Å². The van der Waals surface area contributed by atoms with Crippen LogP contribution < -0.4 is 20.5 Å². The summed E-state index contributed by atoms with van der Waals surface area (Å²) in [7, 11) is -3.76. The molecule has 150 valence electrons. The summed E-state index contributed by atoms with van der Waals surface area (Å²) in [5.74, 6) is 1.17. The number of para-hydroxylation sites is 1. The van der Waals surface area contributed by atoms with Crippen LogP contribution in [0.5, 0.6) is 11.5 Å². The van der Waals surface area contributed by atoms with E-state index in [-0.39, 0.29) is 10.8 Å². The highest BCUT2D eigenvalue weighted by Gasteiger charge is 2.14. The SMILES string of the molecule is C[C@@H](Nc1ccc(Oc2ccccc2)cc1)C(=O)Nc1ccc(S(N)(=O)=O)cc1. The van der Waals surface area contributed by atoms with Gasteiger partial charge >= 0.3 is 0 Å². The lowest BCUT2D eigenvalue weighted by Crippen LogP contribution is -2.31. The molecule has 0 heterocycles. The van der Waals surface area contributed by atoms with Gasteiger partial charge in [0.1, 0.15) is 17.5 Å². The van der Waals surface area contributed by atoms with Crippen LogP contribution in [0.2, 0.25) is 0 Å². The van der Waals surface area contributed by atoms with Crippen LogP contribution in [0.1, 0.15) is 6.92 Å². The largest absolute Gasteiger partial charge is 0.457 e. The summed E-state index contributed by atoms with van der Waals surface area (Å²) in [6, 6.07) is 21.9. The number of anilines is 2. The van der Waals surface area contributed by atoms with Crippen molar-refractivity contribution in [3.63, 3.8) is 0 Å². The van der Waals surface area contributed by atoms with E-state index in [2.05, 4.69) is 10.6 Å². The average Bonchev–Trinajstić information content (AvgIpc) is 2.70. The molecule has 0 aliphatic carbocycles. The van der Waals surface area contributed by atoms with E-state index in [0.29, 0.717) is 11.4 Å². The van der Waals surface area contributed by atoms with Gasteiger partial charge in [0.25, 0.3) is 0 Å². The number of nitrogens with one attached hydrogen (secondary N) is 2. The van der Waals surface area contributed by atoms with Gasteiger partial charge in [-0.2, -0.15) is 0 Å². The molecule has 1 amide bonds. The van der Waals surface area contributed by atoms with Gasteiger partial charge in [0.2, 0.25) is 15.9 Å². The molecule has 0 fully saturated rings. The van der Waals surface area contributed by atoms with E-state index in [9.17, 15) is 13.2 Å². The van der Waals surface area contributed by atoms with Crippen LogP contribution in [-0.4, -0.2) is 20.4 Å². The van der Waals surface area contributed by atoms with Crippen molar-refractivity contribution in [1.82, 2.24) is 0 Å².